The number of nitrogens with one attached hydrogen (secondary N) is 2. The molecule has 0 bridgehead atoms. The highest BCUT2D eigenvalue weighted by molar-refractivity contribution is 5.90. The van der Waals surface area contributed by atoms with Gasteiger partial charge in [0.1, 0.15) is 0 Å². The third kappa shape index (κ3) is 3.85. The lowest BCUT2D eigenvalue weighted by molar-refractivity contribution is 0.249. The van der Waals surface area contributed by atoms with Crippen molar-refractivity contribution in [2.45, 2.75) is 33.1 Å². The number of urea groups is 1. The van der Waals surface area contributed by atoms with Gasteiger partial charge in [0, 0.05) is 12.2 Å². The number of allylic oxidation sites excluding steroid dienone is 2. The van der Waals surface area contributed by atoms with Gasteiger partial charge in [-0.2, -0.15) is 0 Å². The van der Waals surface area contributed by atoms with Crippen molar-refractivity contribution in [2.24, 2.45) is 5.92 Å². The number of carbonyl (C=O) groups excluding carboxylic acids is 1. The Kier molecular flexibility index (Phi) is 4.61. The zero-order valence-electron chi connectivity index (χ0n) is 11.7. The lowest BCUT2D eigenvalue weighted by Gasteiger charge is -2.19. The summed E-state index contributed by atoms with van der Waals surface area (Å²) < 4.78 is 0. The minimum atomic E-state index is -0.105. The van der Waals surface area contributed by atoms with Gasteiger partial charge in [0.05, 0.1) is 0 Å². The fraction of sp³-hybridized carbons (Fsp3) is 0.438. The molecule has 1 aliphatic rings. The average Bonchev–Trinajstić information content (AvgIpc) is 2.42. The average molecular weight is 258 g/mol. The molecule has 0 spiro atoms. The van der Waals surface area contributed by atoms with E-state index in [9.17, 15) is 4.79 Å². The molecular weight excluding hydrogens is 236 g/mol. The maximum Gasteiger partial charge on any atom is 0.319 e. The van der Waals surface area contributed by atoms with E-state index in [1.165, 1.54) is 6.42 Å². The fourth-order valence-electron chi connectivity index (χ4n) is 2.45. The Morgan fingerprint density at radius 2 is 2.00 bits per heavy atom. The van der Waals surface area contributed by atoms with E-state index in [2.05, 4.69) is 22.8 Å². The Morgan fingerprint density at radius 3 is 2.63 bits per heavy atom. The number of carbonyl (C=O) groups is 1. The summed E-state index contributed by atoms with van der Waals surface area (Å²) >= 11 is 0. The van der Waals surface area contributed by atoms with Gasteiger partial charge in [0.2, 0.25) is 0 Å². The number of benzene rings is 1. The maximum atomic E-state index is 11.9. The highest BCUT2D eigenvalue weighted by atomic mass is 16.2. The summed E-state index contributed by atoms with van der Waals surface area (Å²) in [6.45, 7) is 4.77. The van der Waals surface area contributed by atoms with E-state index in [0.29, 0.717) is 5.92 Å². The Bertz CT molecular complexity index is 459. The molecule has 0 unspecified atom stereocenters. The zero-order chi connectivity index (χ0) is 13.7. The van der Waals surface area contributed by atoms with Crippen LogP contribution < -0.4 is 10.6 Å². The van der Waals surface area contributed by atoms with Gasteiger partial charge in [0.15, 0.2) is 0 Å². The SMILES string of the molecule is Cc1cccc(C)c1NC(=O)NC[C@@H]1CC=CCC1. The van der Waals surface area contributed by atoms with Crippen LogP contribution in [0.3, 0.4) is 0 Å². The quantitative estimate of drug-likeness (QED) is 0.796. The highest BCUT2D eigenvalue weighted by Crippen LogP contribution is 2.20. The molecule has 19 heavy (non-hydrogen) atoms. The van der Waals surface area contributed by atoms with E-state index in [4.69, 9.17) is 0 Å². The molecule has 1 atom stereocenters. The summed E-state index contributed by atoms with van der Waals surface area (Å²) in [5, 5.41) is 5.92. The van der Waals surface area contributed by atoms with Crippen LogP contribution in [-0.4, -0.2) is 12.6 Å². The number of hydrogen-bond donors (Lipinski definition) is 2. The first-order valence-corrected chi connectivity index (χ1v) is 6.93. The van der Waals surface area contributed by atoms with Crippen molar-refractivity contribution in [3.63, 3.8) is 0 Å². The van der Waals surface area contributed by atoms with Crippen LogP contribution in [0.15, 0.2) is 30.4 Å². The highest BCUT2D eigenvalue weighted by Gasteiger charge is 2.12. The van der Waals surface area contributed by atoms with Crippen LogP contribution in [0.25, 0.3) is 0 Å². The lowest BCUT2D eigenvalue weighted by atomic mass is 9.94. The normalized spacial score (nSPS) is 18.1. The summed E-state index contributed by atoms with van der Waals surface area (Å²) in [4.78, 5) is 11.9. The van der Waals surface area contributed by atoms with Crippen molar-refractivity contribution in [3.8, 4) is 0 Å². The monoisotopic (exact) mass is 258 g/mol. The van der Waals surface area contributed by atoms with Crippen LogP contribution >= 0.6 is 0 Å². The first-order chi connectivity index (χ1) is 9.16. The molecule has 102 valence electrons. The van der Waals surface area contributed by atoms with Crippen molar-refractivity contribution >= 4 is 11.7 Å². The third-order valence-corrected chi connectivity index (χ3v) is 3.65. The second-order valence-corrected chi connectivity index (χ2v) is 5.25. The Balaban J connectivity index is 1.85. The summed E-state index contributed by atoms with van der Waals surface area (Å²) in [7, 11) is 0. The number of aryl methyl sites for hydroxylation is 2. The van der Waals surface area contributed by atoms with E-state index in [1.54, 1.807) is 0 Å². The minimum absolute atomic E-state index is 0.105. The van der Waals surface area contributed by atoms with Gasteiger partial charge in [-0.05, 0) is 50.2 Å². The van der Waals surface area contributed by atoms with Gasteiger partial charge in [0.25, 0.3) is 0 Å². The van der Waals surface area contributed by atoms with E-state index in [1.807, 2.05) is 32.0 Å². The van der Waals surface area contributed by atoms with Crippen molar-refractivity contribution in [2.75, 3.05) is 11.9 Å². The molecule has 0 radical (unpaired) electrons. The zero-order valence-corrected chi connectivity index (χ0v) is 11.7. The molecule has 1 aliphatic carbocycles. The number of anilines is 1. The molecule has 0 heterocycles. The molecule has 3 heteroatoms. The first-order valence-electron chi connectivity index (χ1n) is 6.93. The number of rotatable bonds is 3. The predicted octanol–water partition coefficient (Wildman–Crippen LogP) is 3.78. The molecule has 2 rings (SSSR count). The molecule has 0 fully saturated rings. The largest absolute Gasteiger partial charge is 0.338 e. The van der Waals surface area contributed by atoms with Gasteiger partial charge < -0.3 is 10.6 Å². The summed E-state index contributed by atoms with van der Waals surface area (Å²) in [5.74, 6) is 0.578. The Morgan fingerprint density at radius 1 is 1.26 bits per heavy atom. The maximum absolute atomic E-state index is 11.9. The molecule has 0 aliphatic heterocycles. The third-order valence-electron chi connectivity index (χ3n) is 3.65. The predicted molar refractivity (Wildman–Crippen MR) is 79.4 cm³/mol. The van der Waals surface area contributed by atoms with Crippen LogP contribution in [-0.2, 0) is 0 Å². The van der Waals surface area contributed by atoms with E-state index >= 15 is 0 Å². The molecule has 0 saturated heterocycles. The molecule has 2 N–H and O–H groups in total. The molecule has 3 nitrogen and oxygen atoms in total. The lowest BCUT2D eigenvalue weighted by Crippen LogP contribution is -2.33. The van der Waals surface area contributed by atoms with E-state index in [0.717, 1.165) is 36.2 Å². The van der Waals surface area contributed by atoms with Crippen LogP contribution in [0.5, 0.6) is 0 Å². The number of amides is 2. The molecule has 0 saturated carbocycles. The van der Waals surface area contributed by atoms with Crippen molar-refractivity contribution in [3.05, 3.63) is 41.5 Å². The first kappa shape index (κ1) is 13.7. The van der Waals surface area contributed by atoms with E-state index < -0.39 is 0 Å². The Hall–Kier alpha value is -1.77. The summed E-state index contributed by atoms with van der Waals surface area (Å²) in [5.41, 5.74) is 3.11. The summed E-state index contributed by atoms with van der Waals surface area (Å²) in [6, 6.07) is 5.91. The summed E-state index contributed by atoms with van der Waals surface area (Å²) in [6.07, 6.45) is 7.79. The van der Waals surface area contributed by atoms with Crippen molar-refractivity contribution in [1.82, 2.24) is 5.32 Å². The Labute approximate surface area is 115 Å². The van der Waals surface area contributed by atoms with Gasteiger partial charge >= 0.3 is 6.03 Å². The fourth-order valence-corrected chi connectivity index (χ4v) is 2.45. The van der Waals surface area contributed by atoms with Crippen LogP contribution in [0, 0.1) is 19.8 Å². The second-order valence-electron chi connectivity index (χ2n) is 5.25. The van der Waals surface area contributed by atoms with E-state index in [-0.39, 0.29) is 6.03 Å². The number of para-hydroxylation sites is 1. The molecule has 0 aromatic heterocycles. The molecule has 1 aromatic rings. The topological polar surface area (TPSA) is 41.1 Å². The molecule has 2 amide bonds. The standard InChI is InChI=1S/C16H22N2O/c1-12-7-6-8-13(2)15(12)18-16(19)17-11-14-9-4-3-5-10-14/h3-4,6-8,14H,5,9-11H2,1-2H3,(H2,17,18,19)/t14-/m1/s1. The smallest absolute Gasteiger partial charge is 0.319 e. The minimum Gasteiger partial charge on any atom is -0.338 e. The van der Waals surface area contributed by atoms with Crippen LogP contribution in [0.1, 0.15) is 30.4 Å². The van der Waals surface area contributed by atoms with Crippen LogP contribution in [0.2, 0.25) is 0 Å². The van der Waals surface area contributed by atoms with Crippen LogP contribution in [0.4, 0.5) is 10.5 Å². The number of hydrogen-bond acceptors (Lipinski definition) is 1. The van der Waals surface area contributed by atoms with Gasteiger partial charge in [-0.25, -0.2) is 4.79 Å². The molecule has 1 aromatic carbocycles. The van der Waals surface area contributed by atoms with Gasteiger partial charge in [-0.1, -0.05) is 30.4 Å². The van der Waals surface area contributed by atoms with Gasteiger partial charge in [-0.3, -0.25) is 0 Å². The molecular formula is C16H22N2O. The van der Waals surface area contributed by atoms with Crippen molar-refractivity contribution in [1.29, 1.82) is 0 Å². The van der Waals surface area contributed by atoms with Crippen molar-refractivity contribution < 1.29 is 4.79 Å². The van der Waals surface area contributed by atoms with Gasteiger partial charge in [-0.15, -0.1) is 0 Å². The second kappa shape index (κ2) is 6.41.